The van der Waals surface area contributed by atoms with Gasteiger partial charge in [-0.2, -0.15) is 0 Å². The fourth-order valence-corrected chi connectivity index (χ4v) is 5.83. The van der Waals surface area contributed by atoms with Gasteiger partial charge in [0.25, 0.3) is 0 Å². The van der Waals surface area contributed by atoms with Gasteiger partial charge in [-0.3, -0.25) is 9.38 Å². The summed E-state index contributed by atoms with van der Waals surface area (Å²) >= 11 is 6.83. The minimum absolute atomic E-state index is 0.479. The molecule has 6 heteroatoms. The number of halogens is 1. The third-order valence-corrected chi connectivity index (χ3v) is 7.96. The Morgan fingerprint density at radius 3 is 2.63 bits per heavy atom. The fourth-order valence-electron chi connectivity index (χ4n) is 5.57. The molecule has 2 fully saturated rings. The Balaban J connectivity index is 1.27. The van der Waals surface area contributed by atoms with E-state index in [9.17, 15) is 0 Å². The minimum Gasteiger partial charge on any atom is -0.303 e. The van der Waals surface area contributed by atoms with Crippen molar-refractivity contribution < 1.29 is 0 Å². The van der Waals surface area contributed by atoms with Gasteiger partial charge < -0.3 is 4.90 Å². The molecule has 7 rings (SSSR count). The lowest BCUT2D eigenvalue weighted by Gasteiger charge is -2.41. The molecule has 1 saturated heterocycles. The lowest BCUT2D eigenvalue weighted by molar-refractivity contribution is 0.107. The number of rotatable bonds is 5. The maximum atomic E-state index is 6.83. The molecule has 1 saturated carbocycles. The monoisotopic (exact) mass is 479 g/mol. The number of fused-ring (bicyclic) bond motifs is 2. The fraction of sp³-hybridized carbons (Fsp3) is 0.276. The van der Waals surface area contributed by atoms with Crippen molar-refractivity contribution in [1.29, 1.82) is 0 Å². The summed E-state index contributed by atoms with van der Waals surface area (Å²) in [5, 5.41) is 1.71. The summed E-state index contributed by atoms with van der Waals surface area (Å²) in [6.07, 6.45) is 9.52. The second-order valence-electron chi connectivity index (χ2n) is 9.93. The summed E-state index contributed by atoms with van der Waals surface area (Å²) in [5.41, 5.74) is 5.75. The quantitative estimate of drug-likeness (QED) is 0.290. The Bertz CT molecular complexity index is 1530. The largest absolute Gasteiger partial charge is 0.303 e. The van der Waals surface area contributed by atoms with E-state index in [2.05, 4.69) is 44.6 Å². The van der Waals surface area contributed by atoms with Crippen LogP contribution in [0.2, 0.25) is 5.02 Å². The first kappa shape index (κ1) is 21.0. The first-order valence-corrected chi connectivity index (χ1v) is 12.8. The summed E-state index contributed by atoms with van der Waals surface area (Å²) in [6, 6.07) is 18.5. The van der Waals surface area contributed by atoms with Gasteiger partial charge in [0.2, 0.25) is 0 Å². The van der Waals surface area contributed by atoms with Gasteiger partial charge in [0, 0.05) is 41.4 Å². The highest BCUT2D eigenvalue weighted by atomic mass is 35.5. The topological polar surface area (TPSA) is 46.3 Å². The van der Waals surface area contributed by atoms with Crippen molar-refractivity contribution in [2.75, 3.05) is 19.6 Å². The number of nitrogens with zero attached hydrogens (tertiary/aromatic N) is 5. The molecular weight excluding hydrogens is 454 g/mol. The molecule has 3 aromatic heterocycles. The average Bonchev–Trinajstić information content (AvgIpc) is 3.21. The van der Waals surface area contributed by atoms with Gasteiger partial charge in [0.1, 0.15) is 5.82 Å². The summed E-state index contributed by atoms with van der Waals surface area (Å²) in [6.45, 7) is 3.77. The number of pyridine rings is 1. The van der Waals surface area contributed by atoms with E-state index in [0.717, 1.165) is 50.7 Å². The highest BCUT2D eigenvalue weighted by molar-refractivity contribution is 6.34. The first-order valence-electron chi connectivity index (χ1n) is 12.4. The van der Waals surface area contributed by atoms with Gasteiger partial charge in [-0.05, 0) is 56.5 Å². The van der Waals surface area contributed by atoms with E-state index >= 15 is 0 Å². The second-order valence-corrected chi connectivity index (χ2v) is 10.3. The predicted molar refractivity (Wildman–Crippen MR) is 141 cm³/mol. The molecule has 0 amide bonds. The zero-order valence-corrected chi connectivity index (χ0v) is 20.2. The van der Waals surface area contributed by atoms with Crippen LogP contribution in [0, 0.1) is 5.92 Å². The first-order chi connectivity index (χ1) is 17.2. The highest BCUT2D eigenvalue weighted by Crippen LogP contribution is 2.44. The number of aromatic nitrogens is 4. The Morgan fingerprint density at radius 2 is 1.83 bits per heavy atom. The van der Waals surface area contributed by atoms with Crippen LogP contribution in [-0.4, -0.2) is 43.9 Å². The molecule has 2 aliphatic rings. The van der Waals surface area contributed by atoms with Crippen molar-refractivity contribution >= 4 is 28.0 Å². The Hall–Kier alpha value is -3.28. The number of likely N-dealkylation sites (tertiary alicyclic amines) is 1. The lowest BCUT2D eigenvalue weighted by atomic mass is 9.74. The molecule has 0 unspecified atom stereocenters. The van der Waals surface area contributed by atoms with Crippen LogP contribution < -0.4 is 0 Å². The molecule has 174 valence electrons. The number of hydrogen-bond acceptors (Lipinski definition) is 4. The third-order valence-electron chi connectivity index (χ3n) is 7.64. The average molecular weight is 480 g/mol. The SMILES string of the molecule is Clc1cc2ccc(-c3ccccc3)nc2cc1-c1nc(C2CC(CN3CCC3)C2)n2ccncc12. The standard InChI is InChI=1S/C29H26ClN5/c30-24-15-21-7-8-25(20-5-2-1-3-6-20)32-26(21)16-23(24)28-27-17-31-9-12-35(27)29(33-28)22-13-19(14-22)18-34-10-4-11-34/h1-3,5-9,12,15-17,19,22H,4,10-11,13-14,18H2. The number of hydrogen-bond donors (Lipinski definition) is 0. The minimum atomic E-state index is 0.479. The Kier molecular flexibility index (Phi) is 5.07. The van der Waals surface area contributed by atoms with Crippen LogP contribution in [-0.2, 0) is 0 Å². The molecule has 5 nitrogen and oxygen atoms in total. The third kappa shape index (κ3) is 3.70. The van der Waals surface area contributed by atoms with E-state index in [-0.39, 0.29) is 0 Å². The van der Waals surface area contributed by atoms with E-state index in [0.29, 0.717) is 10.9 Å². The van der Waals surface area contributed by atoms with Crippen LogP contribution in [0.4, 0.5) is 0 Å². The van der Waals surface area contributed by atoms with Crippen LogP contribution in [0.3, 0.4) is 0 Å². The van der Waals surface area contributed by atoms with Crippen LogP contribution in [0.1, 0.15) is 31.0 Å². The van der Waals surface area contributed by atoms with Gasteiger partial charge in [-0.25, -0.2) is 9.97 Å². The van der Waals surface area contributed by atoms with E-state index < -0.39 is 0 Å². The lowest BCUT2D eigenvalue weighted by Crippen LogP contribution is -2.43. The van der Waals surface area contributed by atoms with Crippen LogP contribution in [0.15, 0.2) is 73.2 Å². The van der Waals surface area contributed by atoms with Crippen LogP contribution in [0.5, 0.6) is 0 Å². The molecule has 1 aliphatic heterocycles. The Labute approximate surface area is 209 Å². The van der Waals surface area contributed by atoms with Gasteiger partial charge in [-0.1, -0.05) is 48.0 Å². The summed E-state index contributed by atoms with van der Waals surface area (Å²) in [7, 11) is 0. The van der Waals surface area contributed by atoms with Crippen LogP contribution in [0.25, 0.3) is 38.9 Å². The smallest absolute Gasteiger partial charge is 0.117 e. The second kappa shape index (κ2) is 8.43. The van der Waals surface area contributed by atoms with E-state index in [1.807, 2.05) is 42.9 Å². The highest BCUT2D eigenvalue weighted by Gasteiger charge is 2.35. The summed E-state index contributed by atoms with van der Waals surface area (Å²) < 4.78 is 2.21. The van der Waals surface area contributed by atoms with Crippen LogP contribution >= 0.6 is 11.6 Å². The van der Waals surface area contributed by atoms with Gasteiger partial charge >= 0.3 is 0 Å². The van der Waals surface area contributed by atoms with E-state index in [1.165, 1.54) is 38.9 Å². The molecule has 4 heterocycles. The molecule has 1 aliphatic carbocycles. The molecule has 0 bridgehead atoms. The van der Waals surface area contributed by atoms with Gasteiger partial charge in [-0.15, -0.1) is 0 Å². The maximum Gasteiger partial charge on any atom is 0.117 e. The maximum absolute atomic E-state index is 6.83. The zero-order chi connectivity index (χ0) is 23.4. The number of benzene rings is 2. The number of imidazole rings is 1. The molecular formula is C29H26ClN5. The molecule has 35 heavy (non-hydrogen) atoms. The van der Waals surface area contributed by atoms with Gasteiger partial charge in [0.15, 0.2) is 0 Å². The van der Waals surface area contributed by atoms with Gasteiger partial charge in [0.05, 0.1) is 33.6 Å². The van der Waals surface area contributed by atoms with Crippen molar-refractivity contribution in [3.63, 3.8) is 0 Å². The van der Waals surface area contributed by atoms with Crippen molar-refractivity contribution in [3.05, 3.63) is 84.0 Å². The predicted octanol–water partition coefficient (Wildman–Crippen LogP) is 6.46. The molecule has 0 spiro atoms. The van der Waals surface area contributed by atoms with Crippen molar-refractivity contribution in [2.45, 2.75) is 25.2 Å². The molecule has 0 atom stereocenters. The van der Waals surface area contributed by atoms with E-state index in [1.54, 1.807) is 0 Å². The van der Waals surface area contributed by atoms with Crippen molar-refractivity contribution in [3.8, 4) is 22.5 Å². The normalized spacial score (nSPS) is 20.1. The molecule has 0 radical (unpaired) electrons. The Morgan fingerprint density at radius 1 is 0.971 bits per heavy atom. The molecule has 0 N–H and O–H groups in total. The van der Waals surface area contributed by atoms with Crippen molar-refractivity contribution in [1.82, 2.24) is 24.3 Å². The molecule has 5 aromatic rings. The molecule has 2 aromatic carbocycles. The zero-order valence-electron chi connectivity index (χ0n) is 19.4. The summed E-state index contributed by atoms with van der Waals surface area (Å²) in [4.78, 5) is 17.1. The summed E-state index contributed by atoms with van der Waals surface area (Å²) in [5.74, 6) is 2.38. The van der Waals surface area contributed by atoms with Crippen molar-refractivity contribution in [2.24, 2.45) is 5.92 Å². The van der Waals surface area contributed by atoms with E-state index in [4.69, 9.17) is 21.6 Å².